The second kappa shape index (κ2) is 10.1. The molecule has 0 saturated carbocycles. The van der Waals surface area contributed by atoms with Gasteiger partial charge in [0.15, 0.2) is 0 Å². The van der Waals surface area contributed by atoms with E-state index >= 15 is 0 Å². The first-order chi connectivity index (χ1) is 17.1. The van der Waals surface area contributed by atoms with E-state index < -0.39 is 0 Å². The first-order valence-electron chi connectivity index (χ1n) is 12.1. The van der Waals surface area contributed by atoms with Crippen LogP contribution in [0.15, 0.2) is 102 Å². The molecule has 0 saturated heterocycles. The zero-order valence-electron chi connectivity index (χ0n) is 20.2. The van der Waals surface area contributed by atoms with E-state index in [0.29, 0.717) is 13.0 Å². The van der Waals surface area contributed by atoms with Crippen LogP contribution in [0.4, 0.5) is 0 Å². The molecule has 5 rings (SSSR count). The molecule has 1 amide bonds. The van der Waals surface area contributed by atoms with Gasteiger partial charge in [0.2, 0.25) is 5.91 Å². The summed E-state index contributed by atoms with van der Waals surface area (Å²) < 4.78 is 7.69. The molecule has 3 aromatic carbocycles. The van der Waals surface area contributed by atoms with Crippen molar-refractivity contribution in [1.82, 2.24) is 9.88 Å². The van der Waals surface area contributed by atoms with E-state index in [4.69, 9.17) is 4.42 Å². The number of aryl methyl sites for hydroxylation is 2. The normalized spacial score (nSPS) is 12.1. The maximum atomic E-state index is 13.1. The number of hydrogen-bond acceptors (Lipinski definition) is 2. The average molecular weight is 463 g/mol. The van der Waals surface area contributed by atoms with Gasteiger partial charge < -0.3 is 14.3 Å². The number of nitrogens with one attached hydrogen (secondary N) is 1. The molecule has 0 aliphatic heterocycles. The molecule has 35 heavy (non-hydrogen) atoms. The number of aromatic nitrogens is 1. The fourth-order valence-electron chi connectivity index (χ4n) is 4.72. The van der Waals surface area contributed by atoms with E-state index in [2.05, 4.69) is 103 Å². The third kappa shape index (κ3) is 5.22. The molecule has 1 N–H and O–H groups in total. The Kier molecular flexibility index (Phi) is 6.53. The molecule has 4 heteroatoms. The third-order valence-corrected chi connectivity index (χ3v) is 6.54. The number of rotatable bonds is 8. The van der Waals surface area contributed by atoms with Gasteiger partial charge in [-0.3, -0.25) is 4.79 Å². The second-order valence-corrected chi connectivity index (χ2v) is 9.24. The van der Waals surface area contributed by atoms with E-state index in [9.17, 15) is 4.79 Å². The predicted octanol–water partition coefficient (Wildman–Crippen LogP) is 6.74. The summed E-state index contributed by atoms with van der Waals surface area (Å²) >= 11 is 0. The van der Waals surface area contributed by atoms with Gasteiger partial charge in [-0.05, 0) is 48.7 Å². The standard InChI is InChI=1S/C31H30N2O2/c1-22-12-14-24(15-13-22)20-33-21-29(27-10-3-4-11-30(27)33)28(25-8-5-7-23(2)17-25)18-31(34)32-19-26-9-6-16-35-26/h3-17,21,28H,18-20H2,1-2H3,(H,32,34)/t28-/m0/s1. The lowest BCUT2D eigenvalue weighted by molar-refractivity contribution is -0.121. The average Bonchev–Trinajstić information content (AvgIpc) is 3.51. The smallest absolute Gasteiger partial charge is 0.221 e. The number of benzene rings is 3. The third-order valence-electron chi connectivity index (χ3n) is 6.54. The Labute approximate surface area is 206 Å². The van der Waals surface area contributed by atoms with E-state index in [1.54, 1.807) is 6.26 Å². The summed E-state index contributed by atoms with van der Waals surface area (Å²) in [4.78, 5) is 13.1. The van der Waals surface area contributed by atoms with Crippen LogP contribution in [0.2, 0.25) is 0 Å². The molecule has 4 nitrogen and oxygen atoms in total. The Morgan fingerprint density at radius 3 is 2.51 bits per heavy atom. The molecular formula is C31H30N2O2. The number of carbonyl (C=O) groups is 1. The summed E-state index contributed by atoms with van der Waals surface area (Å²) in [6.45, 7) is 5.38. The predicted molar refractivity (Wildman–Crippen MR) is 140 cm³/mol. The van der Waals surface area contributed by atoms with Crippen molar-refractivity contribution in [1.29, 1.82) is 0 Å². The molecule has 176 valence electrons. The summed E-state index contributed by atoms with van der Waals surface area (Å²) in [5.41, 5.74) is 7.20. The fourth-order valence-corrected chi connectivity index (χ4v) is 4.72. The van der Waals surface area contributed by atoms with Gasteiger partial charge in [0.25, 0.3) is 0 Å². The molecule has 0 fully saturated rings. The van der Waals surface area contributed by atoms with Gasteiger partial charge in [0.1, 0.15) is 5.76 Å². The van der Waals surface area contributed by atoms with Crippen LogP contribution in [0.1, 0.15) is 45.9 Å². The van der Waals surface area contributed by atoms with Crippen molar-refractivity contribution in [3.8, 4) is 0 Å². The number of para-hydroxylation sites is 1. The summed E-state index contributed by atoms with van der Waals surface area (Å²) in [6, 6.07) is 29.4. The van der Waals surface area contributed by atoms with E-state index in [1.165, 1.54) is 33.2 Å². The molecule has 0 radical (unpaired) electrons. The van der Waals surface area contributed by atoms with Crippen molar-refractivity contribution < 1.29 is 9.21 Å². The highest BCUT2D eigenvalue weighted by molar-refractivity contribution is 5.86. The van der Waals surface area contributed by atoms with Crippen molar-refractivity contribution in [3.63, 3.8) is 0 Å². The molecule has 0 spiro atoms. The molecule has 0 aliphatic carbocycles. The molecule has 1 atom stereocenters. The lowest BCUT2D eigenvalue weighted by Gasteiger charge is -2.18. The van der Waals surface area contributed by atoms with Crippen LogP contribution >= 0.6 is 0 Å². The Hall–Kier alpha value is -4.05. The molecule has 0 aliphatic rings. The van der Waals surface area contributed by atoms with Gasteiger partial charge in [-0.25, -0.2) is 0 Å². The van der Waals surface area contributed by atoms with E-state index in [-0.39, 0.29) is 11.8 Å². The highest BCUT2D eigenvalue weighted by atomic mass is 16.3. The Morgan fingerprint density at radius 1 is 0.914 bits per heavy atom. The first kappa shape index (κ1) is 22.7. The van der Waals surface area contributed by atoms with Crippen LogP contribution in [-0.2, 0) is 17.9 Å². The highest BCUT2D eigenvalue weighted by Crippen LogP contribution is 2.35. The van der Waals surface area contributed by atoms with E-state index in [1.807, 2.05) is 12.1 Å². The largest absolute Gasteiger partial charge is 0.467 e. The number of furan rings is 1. The van der Waals surface area contributed by atoms with Gasteiger partial charge in [0.05, 0.1) is 12.8 Å². The zero-order chi connectivity index (χ0) is 24.2. The van der Waals surface area contributed by atoms with Gasteiger partial charge in [-0.2, -0.15) is 0 Å². The molecular weight excluding hydrogens is 432 g/mol. The van der Waals surface area contributed by atoms with Gasteiger partial charge in [0, 0.05) is 36.0 Å². The van der Waals surface area contributed by atoms with Gasteiger partial charge in [-0.15, -0.1) is 0 Å². The quantitative estimate of drug-likeness (QED) is 0.278. The minimum atomic E-state index is -0.0596. The van der Waals surface area contributed by atoms with Crippen LogP contribution < -0.4 is 5.32 Å². The van der Waals surface area contributed by atoms with Crippen molar-refractivity contribution in [2.75, 3.05) is 0 Å². The zero-order valence-corrected chi connectivity index (χ0v) is 20.2. The van der Waals surface area contributed by atoms with Crippen LogP contribution in [0.25, 0.3) is 10.9 Å². The lowest BCUT2D eigenvalue weighted by atomic mass is 9.87. The highest BCUT2D eigenvalue weighted by Gasteiger charge is 2.23. The van der Waals surface area contributed by atoms with Gasteiger partial charge >= 0.3 is 0 Å². The monoisotopic (exact) mass is 462 g/mol. The minimum Gasteiger partial charge on any atom is -0.467 e. The maximum absolute atomic E-state index is 13.1. The summed E-state index contributed by atoms with van der Waals surface area (Å²) in [5, 5.41) is 4.22. The summed E-state index contributed by atoms with van der Waals surface area (Å²) in [5.74, 6) is 0.694. The number of carbonyl (C=O) groups excluding carboxylic acids is 1. The van der Waals surface area contributed by atoms with Crippen LogP contribution in [0, 0.1) is 13.8 Å². The fraction of sp³-hybridized carbons (Fsp3) is 0.194. The summed E-state index contributed by atoms with van der Waals surface area (Å²) in [6.07, 6.45) is 4.22. The molecule has 0 unspecified atom stereocenters. The topological polar surface area (TPSA) is 47.2 Å². The first-order valence-corrected chi connectivity index (χ1v) is 12.1. The maximum Gasteiger partial charge on any atom is 0.221 e. The minimum absolute atomic E-state index is 0.00303. The van der Waals surface area contributed by atoms with E-state index in [0.717, 1.165) is 17.9 Å². The van der Waals surface area contributed by atoms with Crippen molar-refractivity contribution in [3.05, 3.63) is 131 Å². The Bertz CT molecular complexity index is 1430. The van der Waals surface area contributed by atoms with Crippen LogP contribution in [0.3, 0.4) is 0 Å². The second-order valence-electron chi connectivity index (χ2n) is 9.24. The van der Waals surface area contributed by atoms with Crippen LogP contribution in [0.5, 0.6) is 0 Å². The molecule has 0 bridgehead atoms. The summed E-state index contributed by atoms with van der Waals surface area (Å²) in [7, 11) is 0. The SMILES string of the molecule is Cc1ccc(Cn2cc([C@@H](CC(=O)NCc3ccco3)c3cccc(C)c3)c3ccccc32)cc1. The van der Waals surface area contributed by atoms with Crippen molar-refractivity contribution in [2.45, 2.75) is 39.3 Å². The number of hydrogen-bond donors (Lipinski definition) is 1. The Morgan fingerprint density at radius 2 is 1.74 bits per heavy atom. The van der Waals surface area contributed by atoms with Crippen molar-refractivity contribution >= 4 is 16.8 Å². The Balaban J connectivity index is 1.51. The lowest BCUT2D eigenvalue weighted by Crippen LogP contribution is -2.24. The molecule has 5 aromatic rings. The van der Waals surface area contributed by atoms with Crippen molar-refractivity contribution in [2.24, 2.45) is 0 Å². The van der Waals surface area contributed by atoms with Gasteiger partial charge in [-0.1, -0.05) is 77.9 Å². The molecule has 2 aromatic heterocycles. The number of amides is 1. The number of fused-ring (bicyclic) bond motifs is 1. The molecule has 2 heterocycles. The number of nitrogens with zero attached hydrogens (tertiary/aromatic N) is 1. The van der Waals surface area contributed by atoms with Crippen LogP contribution in [-0.4, -0.2) is 10.5 Å².